The van der Waals surface area contributed by atoms with Crippen LogP contribution in [0.15, 0.2) is 48.5 Å². The smallest absolute Gasteiger partial charge is 0.323 e. The van der Waals surface area contributed by atoms with Gasteiger partial charge in [0.25, 0.3) is 0 Å². The van der Waals surface area contributed by atoms with Crippen molar-refractivity contribution in [2.45, 2.75) is 0 Å². The monoisotopic (exact) mass is 459 g/mol. The van der Waals surface area contributed by atoms with Crippen LogP contribution in [0.4, 0.5) is 21.9 Å². The minimum atomic E-state index is -0.396. The van der Waals surface area contributed by atoms with Crippen molar-refractivity contribution >= 4 is 46.5 Å². The zero-order valence-corrected chi connectivity index (χ0v) is 18.2. The van der Waals surface area contributed by atoms with E-state index in [1.807, 2.05) is 9.80 Å². The van der Waals surface area contributed by atoms with E-state index in [0.29, 0.717) is 48.3 Å². The fraction of sp³-hybridized carbons (Fsp3) is 0.286. The summed E-state index contributed by atoms with van der Waals surface area (Å²) in [5, 5.41) is 8.80. The van der Waals surface area contributed by atoms with Crippen molar-refractivity contribution in [1.29, 1.82) is 0 Å². The second-order valence-electron chi connectivity index (χ2n) is 7.33. The predicted octanol–water partition coefficient (Wildman–Crippen LogP) is 1.53. The number of carbonyl (C=O) groups is 3. The predicted molar refractivity (Wildman–Crippen MR) is 124 cm³/mol. The number of nitrogens with one attached hydrogen (secondary N) is 4. The molecule has 0 aromatic heterocycles. The van der Waals surface area contributed by atoms with Gasteiger partial charge in [-0.3, -0.25) is 24.8 Å². The van der Waals surface area contributed by atoms with E-state index in [2.05, 4.69) is 21.4 Å². The molecule has 1 aliphatic heterocycles. The molecule has 4 amide bonds. The normalized spacial score (nSPS) is 14.4. The van der Waals surface area contributed by atoms with Gasteiger partial charge in [0.15, 0.2) is 0 Å². The molecule has 32 heavy (non-hydrogen) atoms. The Kier molecular flexibility index (Phi) is 8.40. The molecule has 6 N–H and O–H groups in total. The van der Waals surface area contributed by atoms with E-state index in [0.717, 1.165) is 0 Å². The number of hydrogen-bond donors (Lipinski definition) is 5. The number of piperazine rings is 1. The second kappa shape index (κ2) is 11.4. The van der Waals surface area contributed by atoms with Crippen LogP contribution < -0.4 is 27.2 Å². The van der Waals surface area contributed by atoms with Crippen molar-refractivity contribution in [1.82, 2.24) is 15.2 Å². The van der Waals surface area contributed by atoms with Gasteiger partial charge >= 0.3 is 6.03 Å². The Labute approximate surface area is 191 Å². The maximum atomic E-state index is 12.3. The lowest BCUT2D eigenvalue weighted by Crippen LogP contribution is -2.51. The van der Waals surface area contributed by atoms with Crippen LogP contribution in [0.3, 0.4) is 0 Å². The lowest BCUT2D eigenvalue weighted by atomic mass is 10.2. The van der Waals surface area contributed by atoms with E-state index in [4.69, 9.17) is 17.4 Å². The zero-order chi connectivity index (χ0) is 22.9. The summed E-state index contributed by atoms with van der Waals surface area (Å²) in [7, 11) is 0. The number of carbonyl (C=O) groups excluding carboxylic acids is 3. The van der Waals surface area contributed by atoms with Crippen molar-refractivity contribution in [2.75, 3.05) is 55.2 Å². The van der Waals surface area contributed by atoms with Crippen LogP contribution in [0.5, 0.6) is 0 Å². The summed E-state index contributed by atoms with van der Waals surface area (Å²) in [6.45, 7) is 3.29. The van der Waals surface area contributed by atoms with E-state index >= 15 is 0 Å². The number of hydrogen-bond acceptors (Lipinski definition) is 6. The average Bonchev–Trinajstić information content (AvgIpc) is 2.76. The van der Waals surface area contributed by atoms with Gasteiger partial charge in [0.1, 0.15) is 0 Å². The molecule has 0 aliphatic carbocycles. The lowest BCUT2D eigenvalue weighted by Gasteiger charge is -2.33. The van der Waals surface area contributed by atoms with Crippen LogP contribution in [-0.2, 0) is 9.59 Å². The molecule has 3 rings (SSSR count). The Morgan fingerprint density at radius 3 is 1.88 bits per heavy atom. The summed E-state index contributed by atoms with van der Waals surface area (Å²) in [5.41, 5.74) is 3.92. The molecule has 1 saturated heterocycles. The summed E-state index contributed by atoms with van der Waals surface area (Å²) in [6, 6.07) is 13.3. The molecule has 170 valence electrons. The molecule has 11 heteroatoms. The van der Waals surface area contributed by atoms with Crippen molar-refractivity contribution < 1.29 is 14.4 Å². The van der Waals surface area contributed by atoms with Gasteiger partial charge in [-0.1, -0.05) is 17.7 Å². The summed E-state index contributed by atoms with van der Waals surface area (Å²) in [5.74, 6) is 4.75. The third kappa shape index (κ3) is 7.50. The first-order valence-corrected chi connectivity index (χ1v) is 10.5. The lowest BCUT2D eigenvalue weighted by molar-refractivity contribution is -0.123. The first-order chi connectivity index (χ1) is 15.4. The Bertz CT molecular complexity index is 947. The van der Waals surface area contributed by atoms with Crippen molar-refractivity contribution in [3.8, 4) is 0 Å². The van der Waals surface area contributed by atoms with Gasteiger partial charge in [0.05, 0.1) is 13.1 Å². The number of nitrogens with two attached hydrogens (primary N) is 1. The minimum absolute atomic E-state index is 0.127. The molecule has 1 fully saturated rings. The van der Waals surface area contributed by atoms with Gasteiger partial charge in [0.2, 0.25) is 11.8 Å². The molecule has 2 aromatic rings. The highest BCUT2D eigenvalue weighted by Crippen LogP contribution is 2.17. The van der Waals surface area contributed by atoms with Gasteiger partial charge in [-0.2, -0.15) is 0 Å². The van der Waals surface area contributed by atoms with Gasteiger partial charge in [-0.25, -0.2) is 10.6 Å². The molecule has 0 radical (unpaired) electrons. The second-order valence-corrected chi connectivity index (χ2v) is 7.77. The topological polar surface area (TPSA) is 132 Å². The maximum Gasteiger partial charge on any atom is 0.323 e. The fourth-order valence-electron chi connectivity index (χ4n) is 3.25. The molecule has 0 unspecified atom stereocenters. The number of nitrogens with zero attached hydrogens (tertiary/aromatic N) is 2. The Hall–Kier alpha value is -3.18. The highest BCUT2D eigenvalue weighted by Gasteiger charge is 2.20. The number of hydrazine groups is 1. The van der Waals surface area contributed by atoms with E-state index in [1.165, 1.54) is 0 Å². The van der Waals surface area contributed by atoms with Gasteiger partial charge in [-0.05, 0) is 42.5 Å². The third-order valence-electron chi connectivity index (χ3n) is 4.87. The van der Waals surface area contributed by atoms with E-state index < -0.39 is 6.03 Å². The summed E-state index contributed by atoms with van der Waals surface area (Å²) < 4.78 is 0. The van der Waals surface area contributed by atoms with Crippen molar-refractivity contribution in [3.63, 3.8) is 0 Å². The molecular formula is C21H26ClN7O3. The van der Waals surface area contributed by atoms with Crippen LogP contribution in [-0.4, -0.2) is 66.9 Å². The molecular weight excluding hydrogens is 434 g/mol. The van der Waals surface area contributed by atoms with E-state index in [1.54, 1.807) is 48.5 Å². The molecule has 1 heterocycles. The standard InChI is InChI=1S/C21H26ClN7O3/c22-15-2-1-3-18(12-15)26-21(32)25-17-6-4-16(5-7-17)24-19(30)13-28-8-10-29(11-9-28)14-20(31)27-23/h1-7,12H,8-11,13-14,23H2,(H,24,30)(H,27,31)(H2,25,26,32). The Morgan fingerprint density at radius 2 is 1.31 bits per heavy atom. The summed E-state index contributed by atoms with van der Waals surface area (Å²) in [6.07, 6.45) is 0. The third-order valence-corrected chi connectivity index (χ3v) is 5.10. The summed E-state index contributed by atoms with van der Waals surface area (Å²) in [4.78, 5) is 39.8. The number of amides is 4. The van der Waals surface area contributed by atoms with Gasteiger partial charge < -0.3 is 16.0 Å². The Balaban J connectivity index is 1.41. The largest absolute Gasteiger partial charge is 0.325 e. The summed E-state index contributed by atoms with van der Waals surface area (Å²) >= 11 is 5.91. The minimum Gasteiger partial charge on any atom is -0.325 e. The molecule has 0 saturated carbocycles. The van der Waals surface area contributed by atoms with Crippen LogP contribution in [0.2, 0.25) is 5.02 Å². The zero-order valence-electron chi connectivity index (χ0n) is 17.4. The number of halogens is 1. The number of urea groups is 1. The molecule has 2 aromatic carbocycles. The molecule has 0 spiro atoms. The molecule has 0 bridgehead atoms. The SMILES string of the molecule is NNC(=O)CN1CCN(CC(=O)Nc2ccc(NC(=O)Nc3cccc(Cl)c3)cc2)CC1. The van der Waals surface area contributed by atoms with Crippen LogP contribution in [0.25, 0.3) is 0 Å². The highest BCUT2D eigenvalue weighted by molar-refractivity contribution is 6.30. The van der Waals surface area contributed by atoms with Crippen molar-refractivity contribution in [2.24, 2.45) is 5.84 Å². The molecule has 0 atom stereocenters. The number of benzene rings is 2. The first-order valence-electron chi connectivity index (χ1n) is 10.1. The highest BCUT2D eigenvalue weighted by atomic mass is 35.5. The molecule has 1 aliphatic rings. The van der Waals surface area contributed by atoms with Crippen molar-refractivity contribution in [3.05, 3.63) is 53.6 Å². The number of rotatable bonds is 7. The van der Waals surface area contributed by atoms with Gasteiger partial charge in [0, 0.05) is 48.3 Å². The maximum absolute atomic E-state index is 12.3. The Morgan fingerprint density at radius 1 is 0.781 bits per heavy atom. The fourth-order valence-corrected chi connectivity index (χ4v) is 3.44. The van der Waals surface area contributed by atoms with Crippen LogP contribution in [0, 0.1) is 0 Å². The quantitative estimate of drug-likeness (QED) is 0.242. The van der Waals surface area contributed by atoms with E-state index in [9.17, 15) is 14.4 Å². The average molecular weight is 460 g/mol. The van der Waals surface area contributed by atoms with Crippen LogP contribution >= 0.6 is 11.6 Å². The van der Waals surface area contributed by atoms with Crippen LogP contribution in [0.1, 0.15) is 0 Å². The molecule has 10 nitrogen and oxygen atoms in total. The van der Waals surface area contributed by atoms with E-state index in [-0.39, 0.29) is 24.9 Å². The number of anilines is 3. The van der Waals surface area contributed by atoms with Gasteiger partial charge in [-0.15, -0.1) is 0 Å². The first kappa shape index (κ1) is 23.5.